The Hall–Kier alpha value is -1.23. The molecule has 2 heteroatoms. The fourth-order valence-corrected chi connectivity index (χ4v) is 0.827. The molecule has 114 valence electrons. The Morgan fingerprint density at radius 3 is 1.89 bits per heavy atom. The number of nitrogens with one attached hydrogen (secondary N) is 1. The first-order valence-electron chi connectivity index (χ1n) is 7.47. The molecule has 0 aromatic carbocycles. The molecule has 0 aliphatic carbocycles. The minimum atomic E-state index is 0.478. The number of terminal acetylenes is 1. The van der Waals surface area contributed by atoms with Gasteiger partial charge in [0.25, 0.3) is 0 Å². The van der Waals surface area contributed by atoms with Crippen LogP contribution < -0.4 is 5.32 Å². The Morgan fingerprint density at radius 2 is 1.63 bits per heavy atom. The zero-order chi connectivity index (χ0) is 16.1. The van der Waals surface area contributed by atoms with E-state index in [-0.39, 0.29) is 0 Å². The monoisotopic (exact) mass is 268 g/mol. The zero-order valence-electron chi connectivity index (χ0n) is 14.7. The topological polar surface area (TPSA) is 24.4 Å². The van der Waals surface area contributed by atoms with E-state index in [0.717, 1.165) is 18.8 Å². The van der Waals surface area contributed by atoms with Crippen LogP contribution in [0.3, 0.4) is 0 Å². The van der Waals surface area contributed by atoms with Crippen molar-refractivity contribution in [2.75, 3.05) is 6.54 Å². The number of nitrogens with zero attached hydrogens (tertiary/aromatic N) is 1. The van der Waals surface area contributed by atoms with Crippen LogP contribution in [0.4, 0.5) is 0 Å². The van der Waals surface area contributed by atoms with E-state index in [1.165, 1.54) is 0 Å². The van der Waals surface area contributed by atoms with Gasteiger partial charge in [-0.2, -0.15) is 0 Å². The highest BCUT2D eigenvalue weighted by atomic mass is 15.0. The molecule has 0 saturated heterocycles. The average Bonchev–Trinajstić information content (AvgIpc) is 2.43. The second kappa shape index (κ2) is 30.1. The van der Waals surface area contributed by atoms with Crippen molar-refractivity contribution in [3.63, 3.8) is 0 Å². The maximum atomic E-state index is 4.60. The molecule has 2 nitrogen and oxygen atoms in total. The summed E-state index contributed by atoms with van der Waals surface area (Å²) in [6, 6.07) is 0. The molecule has 0 aliphatic heterocycles. The average molecular weight is 268 g/mol. The van der Waals surface area contributed by atoms with Crippen LogP contribution >= 0.6 is 0 Å². The molecule has 0 heterocycles. The van der Waals surface area contributed by atoms with Crippen LogP contribution in [0.5, 0.6) is 0 Å². The largest absolute Gasteiger partial charge is 0.351 e. The zero-order valence-corrected chi connectivity index (χ0v) is 14.7. The third-order valence-corrected chi connectivity index (χ3v) is 1.46. The number of hydrogen-bond acceptors (Lipinski definition) is 1. The lowest BCUT2D eigenvalue weighted by atomic mass is 10.2. The molecule has 1 N–H and O–H groups in total. The number of hydrogen-bond donors (Lipinski definition) is 1. The van der Waals surface area contributed by atoms with Crippen molar-refractivity contribution in [1.82, 2.24) is 5.32 Å². The van der Waals surface area contributed by atoms with E-state index in [1.807, 2.05) is 40.8 Å². The van der Waals surface area contributed by atoms with Gasteiger partial charge >= 0.3 is 0 Å². The summed E-state index contributed by atoms with van der Waals surface area (Å²) in [6.45, 7) is 18.9. The Morgan fingerprint density at radius 1 is 1.21 bits per heavy atom. The number of rotatable bonds is 4. The Kier molecular flexibility index (Phi) is 41.8. The molecule has 0 aromatic rings. The first kappa shape index (κ1) is 26.4. The second-order valence-electron chi connectivity index (χ2n) is 3.26. The Bertz CT molecular complexity index is 220. The Labute approximate surface area is 122 Å². The summed E-state index contributed by atoms with van der Waals surface area (Å²) >= 11 is 0. The minimum absolute atomic E-state index is 0.478. The molecule has 0 rings (SSSR count). The fourth-order valence-electron chi connectivity index (χ4n) is 0.827. The summed E-state index contributed by atoms with van der Waals surface area (Å²) in [5.41, 5.74) is 0. The molecule has 0 spiro atoms. The van der Waals surface area contributed by atoms with Crippen LogP contribution in [0.15, 0.2) is 17.3 Å². The maximum Gasteiger partial charge on any atom is 0.103 e. The van der Waals surface area contributed by atoms with Gasteiger partial charge in [-0.05, 0) is 26.5 Å². The van der Waals surface area contributed by atoms with Gasteiger partial charge in [-0.15, -0.1) is 12.3 Å². The van der Waals surface area contributed by atoms with E-state index in [9.17, 15) is 0 Å². The smallest absolute Gasteiger partial charge is 0.103 e. The lowest BCUT2D eigenvalue weighted by Gasteiger charge is -2.08. The maximum absolute atomic E-state index is 4.60. The summed E-state index contributed by atoms with van der Waals surface area (Å²) in [5, 5.41) is 3.19. The van der Waals surface area contributed by atoms with E-state index in [4.69, 9.17) is 0 Å². The van der Waals surface area contributed by atoms with Crippen molar-refractivity contribution in [2.24, 2.45) is 10.9 Å². The molecular weight excluding hydrogens is 232 g/mol. The molecule has 0 aliphatic rings. The fraction of sp³-hybridized carbons (Fsp3) is 0.706. The third kappa shape index (κ3) is 31.5. The summed E-state index contributed by atoms with van der Waals surface area (Å²) < 4.78 is 0. The highest BCUT2D eigenvalue weighted by Gasteiger charge is 2.00. The van der Waals surface area contributed by atoms with Gasteiger partial charge in [0.15, 0.2) is 0 Å². The normalized spacial score (nSPS) is 9.21. The molecule has 0 fully saturated rings. The van der Waals surface area contributed by atoms with Gasteiger partial charge in [0.1, 0.15) is 5.84 Å². The second-order valence-corrected chi connectivity index (χ2v) is 3.26. The van der Waals surface area contributed by atoms with Crippen molar-refractivity contribution in [1.29, 1.82) is 0 Å². The van der Waals surface area contributed by atoms with Crippen molar-refractivity contribution in [2.45, 2.75) is 68.7 Å². The molecular formula is C17H36N2. The van der Waals surface area contributed by atoms with Gasteiger partial charge in [0.05, 0.1) is 0 Å². The molecule has 0 unspecified atom stereocenters. The highest BCUT2D eigenvalue weighted by Crippen LogP contribution is 1.94. The standard InChI is InChI=1S/C10H20N2.C3H4.2C2H6/c1-5-7-8-12-10(9(3)4)11-6-2;1-3-2;2*1-2/h7-9H,5-6H2,1-4H3,(H,11,12);1H,2H3;2*1-2H3/b8-7-;;;. The van der Waals surface area contributed by atoms with Crippen LogP contribution in [0, 0.1) is 18.3 Å². The quantitative estimate of drug-likeness (QED) is 0.419. The van der Waals surface area contributed by atoms with Gasteiger partial charge in [-0.3, -0.25) is 4.99 Å². The van der Waals surface area contributed by atoms with Crippen molar-refractivity contribution in [3.8, 4) is 12.3 Å². The first-order chi connectivity index (χ1) is 9.13. The number of amidine groups is 1. The minimum Gasteiger partial charge on any atom is -0.351 e. The van der Waals surface area contributed by atoms with Gasteiger partial charge < -0.3 is 5.32 Å². The van der Waals surface area contributed by atoms with Crippen molar-refractivity contribution in [3.05, 3.63) is 12.3 Å². The predicted molar refractivity (Wildman–Crippen MR) is 92.6 cm³/mol. The van der Waals surface area contributed by atoms with Crippen molar-refractivity contribution < 1.29 is 0 Å². The van der Waals surface area contributed by atoms with Gasteiger partial charge in [0.2, 0.25) is 0 Å². The number of aliphatic imine (C=N–C) groups is 1. The van der Waals surface area contributed by atoms with E-state index >= 15 is 0 Å². The van der Waals surface area contributed by atoms with Crippen LogP contribution in [0.2, 0.25) is 0 Å². The van der Waals surface area contributed by atoms with E-state index in [1.54, 1.807) is 6.92 Å². The van der Waals surface area contributed by atoms with Crippen LogP contribution in [0.25, 0.3) is 0 Å². The summed E-state index contributed by atoms with van der Waals surface area (Å²) in [6.07, 6.45) is 9.71. The molecule has 0 radical (unpaired) electrons. The predicted octanol–water partition coefficient (Wildman–Crippen LogP) is 5.27. The lowest BCUT2D eigenvalue weighted by molar-refractivity contribution is 0.834. The van der Waals surface area contributed by atoms with E-state index in [0.29, 0.717) is 5.92 Å². The lowest BCUT2D eigenvalue weighted by Crippen LogP contribution is -2.23. The summed E-state index contributed by atoms with van der Waals surface area (Å²) in [7, 11) is 0. The highest BCUT2D eigenvalue weighted by molar-refractivity contribution is 5.84. The van der Waals surface area contributed by atoms with Crippen LogP contribution in [0.1, 0.15) is 68.7 Å². The third-order valence-electron chi connectivity index (χ3n) is 1.46. The Balaban J connectivity index is -0.000000136. The molecule has 0 amide bonds. The van der Waals surface area contributed by atoms with Crippen LogP contribution in [-0.4, -0.2) is 12.4 Å². The van der Waals surface area contributed by atoms with Gasteiger partial charge in [-0.1, -0.05) is 54.5 Å². The summed E-state index contributed by atoms with van der Waals surface area (Å²) in [5.74, 6) is 3.80. The molecule has 0 saturated carbocycles. The summed E-state index contributed by atoms with van der Waals surface area (Å²) in [4.78, 5) is 4.35. The molecule has 0 atom stereocenters. The van der Waals surface area contributed by atoms with Crippen molar-refractivity contribution >= 4 is 5.84 Å². The first-order valence-corrected chi connectivity index (χ1v) is 7.47. The van der Waals surface area contributed by atoms with E-state index in [2.05, 4.69) is 49.5 Å². The SMILES string of the molecule is C#CC.CC.CC.CC/C=C\NC(=NCC)C(C)C. The van der Waals surface area contributed by atoms with Gasteiger partial charge in [0, 0.05) is 12.5 Å². The van der Waals surface area contributed by atoms with Crippen LogP contribution in [-0.2, 0) is 0 Å². The number of allylic oxidation sites excluding steroid dienone is 1. The van der Waals surface area contributed by atoms with Gasteiger partial charge in [-0.25, -0.2) is 0 Å². The molecule has 0 aromatic heterocycles. The molecule has 19 heavy (non-hydrogen) atoms. The molecule has 0 bridgehead atoms. The van der Waals surface area contributed by atoms with E-state index < -0.39 is 0 Å².